The molecule has 140 valence electrons. The highest BCUT2D eigenvalue weighted by molar-refractivity contribution is 5.87. The molecule has 1 aliphatic heterocycles. The largest absolute Gasteiger partial charge is 0.479 e. The molecular weight excluding hydrogens is 336 g/mol. The van der Waals surface area contributed by atoms with Crippen LogP contribution < -0.4 is 4.74 Å². The van der Waals surface area contributed by atoms with Crippen LogP contribution in [0.4, 0.5) is 0 Å². The molecule has 1 aromatic carbocycles. The fraction of sp³-hybridized carbons (Fsp3) is 0.450. The fourth-order valence-corrected chi connectivity index (χ4v) is 3.15. The number of fused-ring (bicyclic) bond motifs is 1. The van der Waals surface area contributed by atoms with E-state index < -0.39 is 12.6 Å². The Kier molecular flexibility index (Phi) is 6.30. The molecular formula is C20H24O6. The first-order chi connectivity index (χ1) is 12.7. The standard InChI is InChI=1S/C20H24O6/c1-2-6-16-14(10-12-24-19-9-3-4-11-23-19)15-7-5-8-17(20(15)26-16)25-13-18(21)22/h2,5,7-8,19H,1,3-4,6,9-13H2,(H,21,22). The Hall–Kier alpha value is -2.31. The van der Waals surface area contributed by atoms with Gasteiger partial charge in [0, 0.05) is 24.0 Å². The Bertz CT molecular complexity index is 757. The van der Waals surface area contributed by atoms with Gasteiger partial charge in [-0.05, 0) is 31.7 Å². The van der Waals surface area contributed by atoms with Gasteiger partial charge in [0.05, 0.1) is 6.61 Å². The van der Waals surface area contributed by atoms with E-state index >= 15 is 0 Å². The number of carboxylic acids is 1. The van der Waals surface area contributed by atoms with Gasteiger partial charge >= 0.3 is 5.97 Å². The summed E-state index contributed by atoms with van der Waals surface area (Å²) < 4.78 is 22.8. The lowest BCUT2D eigenvalue weighted by Crippen LogP contribution is -2.23. The van der Waals surface area contributed by atoms with E-state index in [9.17, 15) is 4.79 Å². The predicted octanol–water partition coefficient (Wildman–Crippen LogP) is 3.71. The number of allylic oxidation sites excluding steroid dienone is 1. The highest BCUT2D eigenvalue weighted by Crippen LogP contribution is 2.34. The SMILES string of the molecule is C=CCc1oc2c(OCC(=O)O)cccc2c1CCOC1CCCCO1. The number of hydrogen-bond donors (Lipinski definition) is 1. The normalized spacial score (nSPS) is 17.3. The van der Waals surface area contributed by atoms with Crippen LogP contribution >= 0.6 is 0 Å². The van der Waals surface area contributed by atoms with Crippen molar-refractivity contribution in [2.75, 3.05) is 19.8 Å². The summed E-state index contributed by atoms with van der Waals surface area (Å²) in [4.78, 5) is 10.8. The zero-order chi connectivity index (χ0) is 18.4. The van der Waals surface area contributed by atoms with Crippen LogP contribution in [0.3, 0.4) is 0 Å². The van der Waals surface area contributed by atoms with Crippen LogP contribution in [0.1, 0.15) is 30.6 Å². The first-order valence-corrected chi connectivity index (χ1v) is 8.91. The second-order valence-electron chi connectivity index (χ2n) is 6.23. The maximum Gasteiger partial charge on any atom is 0.341 e. The second kappa shape index (κ2) is 8.87. The van der Waals surface area contributed by atoms with E-state index in [-0.39, 0.29) is 6.29 Å². The van der Waals surface area contributed by atoms with Gasteiger partial charge in [0.1, 0.15) is 5.76 Å². The Morgan fingerprint density at radius 1 is 1.38 bits per heavy atom. The molecule has 0 bridgehead atoms. The average molecular weight is 360 g/mol. The number of hydrogen-bond acceptors (Lipinski definition) is 5. The van der Waals surface area contributed by atoms with Gasteiger partial charge in [0.15, 0.2) is 24.2 Å². The molecule has 1 aliphatic rings. The Morgan fingerprint density at radius 2 is 2.27 bits per heavy atom. The zero-order valence-corrected chi connectivity index (χ0v) is 14.7. The smallest absolute Gasteiger partial charge is 0.341 e. The highest BCUT2D eigenvalue weighted by Gasteiger charge is 2.19. The molecule has 6 nitrogen and oxygen atoms in total. The van der Waals surface area contributed by atoms with Gasteiger partial charge in [-0.1, -0.05) is 18.2 Å². The van der Waals surface area contributed by atoms with Gasteiger partial charge < -0.3 is 23.7 Å². The molecule has 0 radical (unpaired) electrons. The van der Waals surface area contributed by atoms with E-state index in [0.717, 1.165) is 42.6 Å². The number of carbonyl (C=O) groups is 1. The van der Waals surface area contributed by atoms with Crippen molar-refractivity contribution in [1.29, 1.82) is 0 Å². The molecule has 1 N–H and O–H groups in total. The summed E-state index contributed by atoms with van der Waals surface area (Å²) in [5.74, 6) is 0.202. The molecule has 2 heterocycles. The molecule has 1 saturated heterocycles. The van der Waals surface area contributed by atoms with Crippen molar-refractivity contribution in [2.24, 2.45) is 0 Å². The van der Waals surface area contributed by atoms with Gasteiger partial charge in [0.25, 0.3) is 0 Å². The quantitative estimate of drug-likeness (QED) is 0.687. The van der Waals surface area contributed by atoms with Crippen molar-refractivity contribution in [1.82, 2.24) is 0 Å². The molecule has 3 rings (SSSR count). The summed E-state index contributed by atoms with van der Waals surface area (Å²) in [7, 11) is 0. The molecule has 0 aliphatic carbocycles. The van der Waals surface area contributed by atoms with Crippen LogP contribution in [0.5, 0.6) is 5.75 Å². The summed E-state index contributed by atoms with van der Waals surface area (Å²) in [6.45, 7) is 4.66. The minimum absolute atomic E-state index is 0.126. The number of benzene rings is 1. The monoisotopic (exact) mass is 360 g/mol. The van der Waals surface area contributed by atoms with E-state index in [1.165, 1.54) is 0 Å². The molecule has 0 saturated carbocycles. The van der Waals surface area contributed by atoms with Crippen molar-refractivity contribution < 1.29 is 28.5 Å². The molecule has 0 spiro atoms. The average Bonchev–Trinajstić information content (AvgIpc) is 2.99. The van der Waals surface area contributed by atoms with Crippen LogP contribution in [0, 0.1) is 0 Å². The second-order valence-corrected chi connectivity index (χ2v) is 6.23. The van der Waals surface area contributed by atoms with Gasteiger partial charge in [-0.2, -0.15) is 0 Å². The van der Waals surface area contributed by atoms with Crippen molar-refractivity contribution in [3.05, 3.63) is 42.2 Å². The topological polar surface area (TPSA) is 78.1 Å². The maximum absolute atomic E-state index is 10.8. The van der Waals surface area contributed by atoms with Crippen LogP contribution in [0.25, 0.3) is 11.0 Å². The van der Waals surface area contributed by atoms with E-state index in [1.54, 1.807) is 12.1 Å². The molecule has 1 atom stereocenters. The molecule has 1 fully saturated rings. The van der Waals surface area contributed by atoms with Crippen molar-refractivity contribution in [2.45, 2.75) is 38.4 Å². The first-order valence-electron chi connectivity index (χ1n) is 8.91. The number of furan rings is 1. The Balaban J connectivity index is 1.77. The van der Waals surface area contributed by atoms with Crippen LogP contribution in [-0.2, 0) is 27.1 Å². The van der Waals surface area contributed by atoms with Gasteiger partial charge in [0.2, 0.25) is 0 Å². The highest BCUT2D eigenvalue weighted by atomic mass is 16.7. The summed E-state index contributed by atoms with van der Waals surface area (Å²) in [6.07, 6.45) is 6.07. The van der Waals surface area contributed by atoms with E-state index in [4.69, 9.17) is 23.7 Å². The lowest BCUT2D eigenvalue weighted by atomic mass is 10.1. The van der Waals surface area contributed by atoms with Crippen molar-refractivity contribution in [3.63, 3.8) is 0 Å². The third-order valence-corrected chi connectivity index (χ3v) is 4.34. The number of ether oxygens (including phenoxy) is 3. The molecule has 1 unspecified atom stereocenters. The van der Waals surface area contributed by atoms with Crippen molar-refractivity contribution in [3.8, 4) is 5.75 Å². The maximum atomic E-state index is 10.8. The molecule has 6 heteroatoms. The molecule has 1 aromatic heterocycles. The number of carboxylic acid groups (broad SMARTS) is 1. The Labute approximate surface area is 152 Å². The summed E-state index contributed by atoms with van der Waals surface area (Å²) in [5, 5.41) is 9.75. The molecule has 2 aromatic rings. The zero-order valence-electron chi connectivity index (χ0n) is 14.7. The Morgan fingerprint density at radius 3 is 3.00 bits per heavy atom. The van der Waals surface area contributed by atoms with Crippen molar-refractivity contribution >= 4 is 16.9 Å². The number of rotatable bonds is 9. The van der Waals surface area contributed by atoms with Crippen LogP contribution in [-0.4, -0.2) is 37.2 Å². The number of aliphatic carboxylic acids is 1. The third-order valence-electron chi connectivity index (χ3n) is 4.34. The number of para-hydroxylation sites is 1. The van der Waals surface area contributed by atoms with Gasteiger partial charge in [-0.3, -0.25) is 0 Å². The fourth-order valence-electron chi connectivity index (χ4n) is 3.15. The summed E-state index contributed by atoms with van der Waals surface area (Å²) in [6, 6.07) is 5.50. The van der Waals surface area contributed by atoms with Crippen LogP contribution in [0.15, 0.2) is 35.3 Å². The van der Waals surface area contributed by atoms with Gasteiger partial charge in [-0.25, -0.2) is 4.79 Å². The lowest BCUT2D eigenvalue weighted by molar-refractivity contribution is -0.161. The molecule has 26 heavy (non-hydrogen) atoms. The van der Waals surface area contributed by atoms with Crippen LogP contribution in [0.2, 0.25) is 0 Å². The summed E-state index contributed by atoms with van der Waals surface area (Å²) >= 11 is 0. The minimum atomic E-state index is -1.03. The lowest BCUT2D eigenvalue weighted by Gasteiger charge is -2.22. The minimum Gasteiger partial charge on any atom is -0.479 e. The molecule has 0 amide bonds. The van der Waals surface area contributed by atoms with E-state index in [2.05, 4.69) is 6.58 Å². The predicted molar refractivity (Wildman–Crippen MR) is 96.5 cm³/mol. The van der Waals surface area contributed by atoms with E-state index in [0.29, 0.717) is 30.8 Å². The van der Waals surface area contributed by atoms with E-state index in [1.807, 2.05) is 12.1 Å². The third kappa shape index (κ3) is 4.45. The first kappa shape index (κ1) is 18.5. The van der Waals surface area contributed by atoms with Gasteiger partial charge in [-0.15, -0.1) is 6.58 Å². The summed E-state index contributed by atoms with van der Waals surface area (Å²) in [5.41, 5.74) is 1.60.